The Morgan fingerprint density at radius 3 is 2.59 bits per heavy atom. The smallest absolute Gasteiger partial charge is 0.339 e. The lowest BCUT2D eigenvalue weighted by Crippen LogP contribution is -2.17. The van der Waals surface area contributed by atoms with Gasteiger partial charge in [0.25, 0.3) is 5.91 Å². The Morgan fingerprint density at radius 2 is 2.00 bits per heavy atom. The van der Waals surface area contributed by atoms with Crippen LogP contribution in [0.15, 0.2) is 28.7 Å². The van der Waals surface area contributed by atoms with Crippen LogP contribution in [0.4, 0.5) is 11.5 Å². The van der Waals surface area contributed by atoms with Crippen molar-refractivity contribution in [1.82, 2.24) is 10.2 Å². The van der Waals surface area contributed by atoms with Crippen molar-refractivity contribution in [3.05, 3.63) is 45.6 Å². The summed E-state index contributed by atoms with van der Waals surface area (Å²) >= 11 is 3.36. The minimum atomic E-state index is -0.547. The van der Waals surface area contributed by atoms with Gasteiger partial charge >= 0.3 is 5.97 Å². The molecule has 7 nitrogen and oxygen atoms in total. The fourth-order valence-corrected chi connectivity index (χ4v) is 2.06. The third-order valence-corrected chi connectivity index (χ3v) is 3.72. The largest absolute Gasteiger partial charge is 0.465 e. The van der Waals surface area contributed by atoms with Crippen LogP contribution in [-0.2, 0) is 4.74 Å². The van der Waals surface area contributed by atoms with Crippen molar-refractivity contribution in [1.29, 1.82) is 0 Å². The fraction of sp³-hybridized carbons (Fsp3) is 0.143. The monoisotopic (exact) mass is 364 g/mol. The van der Waals surface area contributed by atoms with Crippen LogP contribution in [0, 0.1) is 6.92 Å². The maximum Gasteiger partial charge on any atom is 0.339 e. The number of amides is 1. The lowest BCUT2D eigenvalue weighted by molar-refractivity contribution is 0.0602. The SMILES string of the molecule is COC(=O)c1cc(C)c(Br)cc1NC(=O)c1ccc(N)nn1. The molecule has 0 aliphatic carbocycles. The summed E-state index contributed by atoms with van der Waals surface area (Å²) in [5, 5.41) is 9.92. The second-order valence-corrected chi connectivity index (χ2v) is 5.29. The first-order valence-electron chi connectivity index (χ1n) is 6.21. The Kier molecular flexibility index (Phi) is 4.71. The molecule has 1 heterocycles. The zero-order valence-corrected chi connectivity index (χ0v) is 13.5. The van der Waals surface area contributed by atoms with Gasteiger partial charge in [-0.15, -0.1) is 10.2 Å². The first-order valence-corrected chi connectivity index (χ1v) is 7.00. The molecule has 1 amide bonds. The van der Waals surface area contributed by atoms with Crippen molar-refractivity contribution in [3.8, 4) is 0 Å². The lowest BCUT2D eigenvalue weighted by atomic mass is 10.1. The van der Waals surface area contributed by atoms with E-state index in [1.54, 1.807) is 12.1 Å². The van der Waals surface area contributed by atoms with E-state index in [0.717, 1.165) is 10.0 Å². The first kappa shape index (κ1) is 15.9. The molecule has 8 heteroatoms. The van der Waals surface area contributed by atoms with Crippen molar-refractivity contribution in [2.75, 3.05) is 18.2 Å². The quantitative estimate of drug-likeness (QED) is 0.808. The van der Waals surface area contributed by atoms with Crippen molar-refractivity contribution in [2.45, 2.75) is 6.92 Å². The molecule has 0 aliphatic heterocycles. The predicted octanol–water partition coefficient (Wildman–Crippen LogP) is 2.17. The molecule has 3 N–H and O–H groups in total. The van der Waals surface area contributed by atoms with E-state index in [4.69, 9.17) is 10.5 Å². The van der Waals surface area contributed by atoms with Gasteiger partial charge in [-0.25, -0.2) is 4.79 Å². The second kappa shape index (κ2) is 6.52. The van der Waals surface area contributed by atoms with E-state index in [2.05, 4.69) is 31.4 Å². The number of esters is 1. The zero-order valence-electron chi connectivity index (χ0n) is 11.9. The number of aromatic nitrogens is 2. The Bertz CT molecular complexity index is 732. The van der Waals surface area contributed by atoms with E-state index < -0.39 is 11.9 Å². The number of hydrogen-bond donors (Lipinski definition) is 2. The molecular formula is C14H13BrN4O3. The van der Waals surface area contributed by atoms with Crippen molar-refractivity contribution < 1.29 is 14.3 Å². The second-order valence-electron chi connectivity index (χ2n) is 4.44. The summed E-state index contributed by atoms with van der Waals surface area (Å²) in [6.45, 7) is 1.83. The molecule has 0 atom stereocenters. The average Bonchev–Trinajstić information content (AvgIpc) is 2.50. The third kappa shape index (κ3) is 3.40. The number of aryl methyl sites for hydroxylation is 1. The number of nitrogens with two attached hydrogens (primary N) is 1. The van der Waals surface area contributed by atoms with Crippen molar-refractivity contribution in [2.24, 2.45) is 0 Å². The molecular weight excluding hydrogens is 352 g/mol. The lowest BCUT2D eigenvalue weighted by Gasteiger charge is -2.11. The summed E-state index contributed by atoms with van der Waals surface area (Å²) in [5.74, 6) is -0.840. The molecule has 0 saturated heterocycles. The van der Waals surface area contributed by atoms with Crippen LogP contribution in [0.2, 0.25) is 0 Å². The minimum Gasteiger partial charge on any atom is -0.465 e. The number of nitrogens with zero attached hydrogens (tertiary/aromatic N) is 2. The van der Waals surface area contributed by atoms with Gasteiger partial charge in [0.15, 0.2) is 5.69 Å². The van der Waals surface area contributed by atoms with Crippen molar-refractivity contribution in [3.63, 3.8) is 0 Å². The highest BCUT2D eigenvalue weighted by atomic mass is 79.9. The molecule has 0 bridgehead atoms. The number of halogens is 1. The van der Waals surface area contributed by atoms with Gasteiger partial charge < -0.3 is 15.8 Å². The van der Waals surface area contributed by atoms with Crippen LogP contribution in [0.5, 0.6) is 0 Å². The topological polar surface area (TPSA) is 107 Å². The summed E-state index contributed by atoms with van der Waals surface area (Å²) in [5.41, 5.74) is 6.91. The molecule has 1 aromatic heterocycles. The van der Waals surface area contributed by atoms with E-state index in [-0.39, 0.29) is 17.1 Å². The Morgan fingerprint density at radius 1 is 1.27 bits per heavy atom. The van der Waals surface area contributed by atoms with Gasteiger partial charge in [-0.05, 0) is 36.8 Å². The zero-order chi connectivity index (χ0) is 16.3. The van der Waals surface area contributed by atoms with Crippen LogP contribution in [0.25, 0.3) is 0 Å². The van der Waals surface area contributed by atoms with E-state index in [1.165, 1.54) is 19.2 Å². The van der Waals surface area contributed by atoms with Crippen LogP contribution >= 0.6 is 15.9 Å². The highest BCUT2D eigenvalue weighted by molar-refractivity contribution is 9.10. The number of hydrogen-bond acceptors (Lipinski definition) is 6. The van der Waals surface area contributed by atoms with Gasteiger partial charge in [0.1, 0.15) is 5.82 Å². The van der Waals surface area contributed by atoms with Crippen LogP contribution in [0.3, 0.4) is 0 Å². The molecule has 2 aromatic rings. The summed E-state index contributed by atoms with van der Waals surface area (Å²) in [4.78, 5) is 24.0. The number of nitrogens with one attached hydrogen (secondary N) is 1. The van der Waals surface area contributed by atoms with E-state index in [1.807, 2.05) is 6.92 Å². The molecule has 0 unspecified atom stereocenters. The molecule has 114 valence electrons. The molecule has 22 heavy (non-hydrogen) atoms. The summed E-state index contributed by atoms with van der Waals surface area (Å²) in [6, 6.07) is 6.16. The first-order chi connectivity index (χ1) is 10.4. The molecule has 0 aliphatic rings. The number of carbonyl (C=O) groups excluding carboxylic acids is 2. The normalized spacial score (nSPS) is 10.1. The summed E-state index contributed by atoms with van der Waals surface area (Å²) in [6.07, 6.45) is 0. The Hall–Kier alpha value is -2.48. The highest BCUT2D eigenvalue weighted by Crippen LogP contribution is 2.26. The molecule has 1 aromatic carbocycles. The maximum absolute atomic E-state index is 12.2. The number of benzene rings is 1. The van der Waals surface area contributed by atoms with Gasteiger partial charge in [-0.2, -0.15) is 0 Å². The number of ether oxygens (including phenoxy) is 1. The standard InChI is InChI=1S/C14H13BrN4O3/c1-7-5-8(14(21)22-2)11(6-9(7)15)17-13(20)10-3-4-12(16)19-18-10/h3-6H,1-2H3,(H2,16,19)(H,17,20). The van der Waals surface area contributed by atoms with Crippen molar-refractivity contribution >= 4 is 39.3 Å². The number of methoxy groups -OCH3 is 1. The van der Waals surface area contributed by atoms with E-state index >= 15 is 0 Å². The maximum atomic E-state index is 12.2. The minimum absolute atomic E-state index is 0.0849. The van der Waals surface area contributed by atoms with E-state index in [0.29, 0.717) is 5.69 Å². The highest BCUT2D eigenvalue weighted by Gasteiger charge is 2.17. The molecule has 2 rings (SSSR count). The Balaban J connectivity index is 2.35. The Labute approximate surface area is 135 Å². The predicted molar refractivity (Wildman–Crippen MR) is 84.6 cm³/mol. The van der Waals surface area contributed by atoms with Crippen LogP contribution in [0.1, 0.15) is 26.4 Å². The number of anilines is 2. The summed E-state index contributed by atoms with van der Waals surface area (Å²) < 4.78 is 5.47. The number of carbonyl (C=O) groups is 2. The van der Waals surface area contributed by atoms with Crippen LogP contribution in [-0.4, -0.2) is 29.2 Å². The van der Waals surface area contributed by atoms with Crippen LogP contribution < -0.4 is 11.1 Å². The van der Waals surface area contributed by atoms with Gasteiger partial charge in [0.2, 0.25) is 0 Å². The van der Waals surface area contributed by atoms with Gasteiger partial charge in [-0.3, -0.25) is 4.79 Å². The third-order valence-electron chi connectivity index (χ3n) is 2.87. The molecule has 0 spiro atoms. The van der Waals surface area contributed by atoms with Gasteiger partial charge in [0.05, 0.1) is 18.4 Å². The molecule has 0 fully saturated rings. The molecule has 0 saturated carbocycles. The summed E-state index contributed by atoms with van der Waals surface area (Å²) in [7, 11) is 1.27. The number of nitrogen functional groups attached to an aromatic ring is 1. The van der Waals surface area contributed by atoms with E-state index in [9.17, 15) is 9.59 Å². The average molecular weight is 365 g/mol. The van der Waals surface area contributed by atoms with Gasteiger partial charge in [-0.1, -0.05) is 15.9 Å². The fourth-order valence-electron chi connectivity index (χ4n) is 1.71. The molecule has 0 radical (unpaired) electrons. The van der Waals surface area contributed by atoms with Gasteiger partial charge in [0, 0.05) is 4.47 Å². The number of rotatable bonds is 3.